The van der Waals surface area contributed by atoms with Crippen molar-refractivity contribution < 1.29 is 0 Å². The first-order valence-corrected chi connectivity index (χ1v) is 5.48. The highest BCUT2D eigenvalue weighted by Gasteiger charge is 2.14. The van der Waals surface area contributed by atoms with Crippen LogP contribution in [0.3, 0.4) is 0 Å². The van der Waals surface area contributed by atoms with Gasteiger partial charge in [0.15, 0.2) is 5.82 Å². The Balaban J connectivity index is 2.98. The fourth-order valence-corrected chi connectivity index (χ4v) is 1.60. The molecule has 0 aliphatic carbocycles. The molecule has 0 atom stereocenters. The van der Waals surface area contributed by atoms with E-state index in [4.69, 9.17) is 5.73 Å². The van der Waals surface area contributed by atoms with Gasteiger partial charge in [0.25, 0.3) is 0 Å². The van der Waals surface area contributed by atoms with Crippen LogP contribution < -0.4 is 10.6 Å². The molecule has 0 radical (unpaired) electrons. The summed E-state index contributed by atoms with van der Waals surface area (Å²) in [6, 6.07) is 2.36. The third-order valence-electron chi connectivity index (χ3n) is 2.36. The number of aromatic nitrogens is 2. The van der Waals surface area contributed by atoms with Crippen LogP contribution in [0.15, 0.2) is 12.3 Å². The number of nitrogens with zero attached hydrogens (tertiary/aromatic N) is 3. The van der Waals surface area contributed by atoms with Crippen molar-refractivity contribution in [3.05, 3.63) is 17.8 Å². The van der Waals surface area contributed by atoms with Crippen molar-refractivity contribution >= 4 is 5.82 Å². The fraction of sp³-hybridized carbons (Fsp3) is 0.636. The zero-order chi connectivity index (χ0) is 11.3. The van der Waals surface area contributed by atoms with E-state index in [2.05, 4.69) is 35.9 Å². The van der Waals surface area contributed by atoms with Gasteiger partial charge in [-0.3, -0.25) is 0 Å². The smallest absolute Gasteiger partial charge is 0.155 e. The molecule has 4 heteroatoms. The molecular formula is C11H20N4. The van der Waals surface area contributed by atoms with Crippen molar-refractivity contribution in [2.24, 2.45) is 5.73 Å². The lowest BCUT2D eigenvalue weighted by Gasteiger charge is -2.28. The molecule has 15 heavy (non-hydrogen) atoms. The van der Waals surface area contributed by atoms with Crippen LogP contribution in [0.4, 0.5) is 5.82 Å². The summed E-state index contributed by atoms with van der Waals surface area (Å²) in [6.07, 6.45) is 2.79. The Morgan fingerprint density at radius 3 is 2.73 bits per heavy atom. The summed E-state index contributed by atoms with van der Waals surface area (Å²) in [7, 11) is 0. The van der Waals surface area contributed by atoms with Gasteiger partial charge >= 0.3 is 0 Å². The SMILES string of the molecule is CCCN(c1nnccc1CN)C(C)C. The van der Waals surface area contributed by atoms with Gasteiger partial charge in [-0.05, 0) is 26.3 Å². The van der Waals surface area contributed by atoms with Gasteiger partial charge in [0.1, 0.15) is 0 Å². The Morgan fingerprint density at radius 2 is 2.20 bits per heavy atom. The Bertz CT molecular complexity index is 298. The summed E-state index contributed by atoms with van der Waals surface area (Å²) < 4.78 is 0. The summed E-state index contributed by atoms with van der Waals surface area (Å²) >= 11 is 0. The first-order valence-electron chi connectivity index (χ1n) is 5.48. The standard InChI is InChI=1S/C11H20N4/c1-4-7-15(9(2)3)11-10(8-12)5-6-13-14-11/h5-6,9H,4,7-8,12H2,1-3H3. The molecule has 0 bridgehead atoms. The summed E-state index contributed by atoms with van der Waals surface area (Å²) in [5, 5.41) is 8.12. The maximum Gasteiger partial charge on any atom is 0.155 e. The Morgan fingerprint density at radius 1 is 1.47 bits per heavy atom. The number of rotatable bonds is 5. The lowest BCUT2D eigenvalue weighted by Crippen LogP contribution is -2.33. The van der Waals surface area contributed by atoms with E-state index in [0.717, 1.165) is 24.3 Å². The highest BCUT2D eigenvalue weighted by molar-refractivity contribution is 5.46. The number of nitrogens with two attached hydrogens (primary N) is 1. The van der Waals surface area contributed by atoms with E-state index >= 15 is 0 Å². The molecule has 0 saturated heterocycles. The van der Waals surface area contributed by atoms with Crippen LogP contribution in [-0.4, -0.2) is 22.8 Å². The molecule has 4 nitrogen and oxygen atoms in total. The molecule has 0 unspecified atom stereocenters. The van der Waals surface area contributed by atoms with E-state index in [1.807, 2.05) is 6.07 Å². The van der Waals surface area contributed by atoms with Crippen molar-refractivity contribution in [3.63, 3.8) is 0 Å². The van der Waals surface area contributed by atoms with Crippen LogP contribution in [0.5, 0.6) is 0 Å². The molecule has 2 N–H and O–H groups in total. The van der Waals surface area contributed by atoms with Crippen LogP contribution in [0.2, 0.25) is 0 Å². The van der Waals surface area contributed by atoms with Crippen LogP contribution in [0.1, 0.15) is 32.8 Å². The number of hydrogen-bond acceptors (Lipinski definition) is 4. The van der Waals surface area contributed by atoms with Crippen LogP contribution in [0.25, 0.3) is 0 Å². The predicted octanol–water partition coefficient (Wildman–Crippen LogP) is 1.56. The lowest BCUT2D eigenvalue weighted by atomic mass is 10.2. The second-order valence-electron chi connectivity index (χ2n) is 3.87. The van der Waals surface area contributed by atoms with Gasteiger partial charge in [-0.2, -0.15) is 5.10 Å². The second-order valence-corrected chi connectivity index (χ2v) is 3.87. The minimum Gasteiger partial charge on any atom is -0.352 e. The van der Waals surface area contributed by atoms with Gasteiger partial charge < -0.3 is 10.6 Å². The zero-order valence-corrected chi connectivity index (χ0v) is 9.77. The third kappa shape index (κ3) is 2.89. The first kappa shape index (κ1) is 11.9. The largest absolute Gasteiger partial charge is 0.352 e. The van der Waals surface area contributed by atoms with Gasteiger partial charge in [-0.15, -0.1) is 5.10 Å². The monoisotopic (exact) mass is 208 g/mol. The highest BCUT2D eigenvalue weighted by atomic mass is 15.3. The summed E-state index contributed by atoms with van der Waals surface area (Å²) in [6.45, 7) is 7.98. The Kier molecular flexibility index (Phi) is 4.49. The molecule has 0 aliphatic heterocycles. The molecule has 1 aromatic heterocycles. The van der Waals surface area contributed by atoms with Crippen molar-refractivity contribution in [1.82, 2.24) is 10.2 Å². The van der Waals surface area contributed by atoms with Crippen molar-refractivity contribution in [2.45, 2.75) is 39.8 Å². The average Bonchev–Trinajstić information content (AvgIpc) is 2.25. The van der Waals surface area contributed by atoms with E-state index in [-0.39, 0.29) is 0 Å². The number of anilines is 1. The van der Waals surface area contributed by atoms with E-state index in [1.54, 1.807) is 6.20 Å². The molecule has 1 rings (SSSR count). The van der Waals surface area contributed by atoms with Crippen molar-refractivity contribution in [3.8, 4) is 0 Å². The van der Waals surface area contributed by atoms with Gasteiger partial charge in [0.05, 0.1) is 6.20 Å². The predicted molar refractivity (Wildman–Crippen MR) is 62.7 cm³/mol. The summed E-state index contributed by atoms with van der Waals surface area (Å²) in [5.74, 6) is 0.928. The molecule has 0 aromatic carbocycles. The van der Waals surface area contributed by atoms with E-state index < -0.39 is 0 Å². The van der Waals surface area contributed by atoms with Crippen LogP contribution in [0, 0.1) is 0 Å². The average molecular weight is 208 g/mol. The molecule has 0 fully saturated rings. The molecular weight excluding hydrogens is 188 g/mol. The highest BCUT2D eigenvalue weighted by Crippen LogP contribution is 2.18. The molecule has 84 valence electrons. The quantitative estimate of drug-likeness (QED) is 0.798. The van der Waals surface area contributed by atoms with Crippen molar-refractivity contribution in [2.75, 3.05) is 11.4 Å². The summed E-state index contributed by atoms with van der Waals surface area (Å²) in [5.41, 5.74) is 6.75. The van der Waals surface area contributed by atoms with Crippen LogP contribution >= 0.6 is 0 Å². The molecule has 0 spiro atoms. The lowest BCUT2D eigenvalue weighted by molar-refractivity contribution is 0.651. The third-order valence-corrected chi connectivity index (χ3v) is 2.36. The normalized spacial score (nSPS) is 10.7. The van der Waals surface area contributed by atoms with E-state index in [1.165, 1.54) is 0 Å². The number of hydrogen-bond donors (Lipinski definition) is 1. The fourth-order valence-electron chi connectivity index (χ4n) is 1.60. The minimum absolute atomic E-state index is 0.423. The molecule has 0 saturated carbocycles. The maximum atomic E-state index is 5.69. The van der Waals surface area contributed by atoms with Gasteiger partial charge in [-0.25, -0.2) is 0 Å². The Labute approximate surface area is 91.5 Å². The Hall–Kier alpha value is -1.16. The van der Waals surface area contributed by atoms with Gasteiger partial charge in [0, 0.05) is 24.7 Å². The molecule has 0 aliphatic rings. The minimum atomic E-state index is 0.423. The zero-order valence-electron chi connectivity index (χ0n) is 9.77. The molecule has 1 aromatic rings. The second kappa shape index (κ2) is 5.66. The van der Waals surface area contributed by atoms with Crippen LogP contribution in [-0.2, 0) is 6.54 Å². The topological polar surface area (TPSA) is 55.0 Å². The first-order chi connectivity index (χ1) is 7.20. The summed E-state index contributed by atoms with van der Waals surface area (Å²) in [4.78, 5) is 2.25. The molecule has 0 amide bonds. The van der Waals surface area contributed by atoms with Gasteiger partial charge in [-0.1, -0.05) is 6.92 Å². The van der Waals surface area contributed by atoms with Crippen molar-refractivity contribution in [1.29, 1.82) is 0 Å². The maximum absolute atomic E-state index is 5.69. The van der Waals surface area contributed by atoms with Gasteiger partial charge in [0.2, 0.25) is 0 Å². The molecule has 1 heterocycles. The van der Waals surface area contributed by atoms with E-state index in [0.29, 0.717) is 12.6 Å². The van der Waals surface area contributed by atoms with E-state index in [9.17, 15) is 0 Å².